The molecule has 3 heterocycles. The Bertz CT molecular complexity index is 654. The van der Waals surface area contributed by atoms with Gasteiger partial charge in [-0.15, -0.1) is 11.3 Å². The average Bonchev–Trinajstić information content (AvgIpc) is 3.24. The standard InChI is InChI=1S/C16H23N5OS/c1-11-14(23-10-18-11)4-6-21(3)15-8-13(12-5-7-22-9-12)19-16(17-2)20-15/h8,10,12H,4-7,9H2,1-3H3,(H,17,19,20)/t12-/m0/s1. The lowest BCUT2D eigenvalue weighted by Gasteiger charge is -2.20. The summed E-state index contributed by atoms with van der Waals surface area (Å²) in [5, 5.41) is 3.07. The lowest BCUT2D eigenvalue weighted by atomic mass is 10.0. The van der Waals surface area contributed by atoms with Gasteiger partial charge in [0.1, 0.15) is 5.82 Å². The van der Waals surface area contributed by atoms with Gasteiger partial charge in [-0.2, -0.15) is 4.98 Å². The molecule has 0 unspecified atom stereocenters. The Balaban J connectivity index is 1.74. The first-order chi connectivity index (χ1) is 11.2. The van der Waals surface area contributed by atoms with Crippen molar-refractivity contribution in [2.75, 3.05) is 44.1 Å². The summed E-state index contributed by atoms with van der Waals surface area (Å²) in [5.74, 6) is 2.00. The number of aryl methyl sites for hydroxylation is 1. The van der Waals surface area contributed by atoms with Gasteiger partial charge in [0.05, 0.1) is 23.5 Å². The van der Waals surface area contributed by atoms with E-state index in [0.717, 1.165) is 49.8 Å². The first-order valence-electron chi connectivity index (χ1n) is 7.92. The van der Waals surface area contributed by atoms with Crippen LogP contribution in [0.25, 0.3) is 0 Å². The maximum atomic E-state index is 5.50. The Kier molecular flexibility index (Phi) is 5.07. The fraction of sp³-hybridized carbons (Fsp3) is 0.562. The number of hydrogen-bond donors (Lipinski definition) is 1. The van der Waals surface area contributed by atoms with Crippen LogP contribution >= 0.6 is 11.3 Å². The summed E-state index contributed by atoms with van der Waals surface area (Å²) in [5.41, 5.74) is 4.11. The molecule has 0 saturated carbocycles. The SMILES string of the molecule is CNc1nc([C@H]2CCOC2)cc(N(C)CCc2scnc2C)n1. The maximum Gasteiger partial charge on any atom is 0.224 e. The van der Waals surface area contributed by atoms with Crippen molar-refractivity contribution in [3.63, 3.8) is 0 Å². The highest BCUT2D eigenvalue weighted by Crippen LogP contribution is 2.27. The monoisotopic (exact) mass is 333 g/mol. The largest absolute Gasteiger partial charge is 0.381 e. The van der Waals surface area contributed by atoms with Crippen LogP contribution in [0.5, 0.6) is 0 Å². The van der Waals surface area contributed by atoms with Crippen LogP contribution in [0.3, 0.4) is 0 Å². The molecule has 6 nitrogen and oxygen atoms in total. The number of nitrogens with one attached hydrogen (secondary N) is 1. The molecule has 1 aliphatic heterocycles. The summed E-state index contributed by atoms with van der Waals surface area (Å²) in [6, 6.07) is 2.10. The van der Waals surface area contributed by atoms with Crippen LogP contribution in [0.1, 0.15) is 28.6 Å². The summed E-state index contributed by atoms with van der Waals surface area (Å²) >= 11 is 1.72. The van der Waals surface area contributed by atoms with Crippen LogP contribution in [0.2, 0.25) is 0 Å². The number of nitrogens with zero attached hydrogens (tertiary/aromatic N) is 4. The molecule has 1 N–H and O–H groups in total. The normalized spacial score (nSPS) is 17.4. The van der Waals surface area contributed by atoms with Crippen LogP contribution in [0.4, 0.5) is 11.8 Å². The third kappa shape index (κ3) is 3.79. The van der Waals surface area contributed by atoms with E-state index in [9.17, 15) is 0 Å². The quantitative estimate of drug-likeness (QED) is 0.876. The second kappa shape index (κ2) is 7.23. The van der Waals surface area contributed by atoms with Crippen LogP contribution in [0, 0.1) is 6.92 Å². The summed E-state index contributed by atoms with van der Waals surface area (Å²) in [6.45, 7) is 4.54. The van der Waals surface area contributed by atoms with Crippen molar-refractivity contribution in [2.24, 2.45) is 0 Å². The molecule has 23 heavy (non-hydrogen) atoms. The maximum absolute atomic E-state index is 5.50. The van der Waals surface area contributed by atoms with Gasteiger partial charge >= 0.3 is 0 Å². The smallest absolute Gasteiger partial charge is 0.224 e. The number of thiazole rings is 1. The van der Waals surface area contributed by atoms with Gasteiger partial charge in [-0.1, -0.05) is 0 Å². The third-order valence-corrected chi connectivity index (χ3v) is 5.21. The Labute approximate surface area is 140 Å². The van der Waals surface area contributed by atoms with Gasteiger partial charge in [-0.3, -0.25) is 0 Å². The Morgan fingerprint density at radius 2 is 2.30 bits per heavy atom. The van der Waals surface area contributed by atoms with E-state index < -0.39 is 0 Å². The molecule has 0 spiro atoms. The van der Waals surface area contributed by atoms with Crippen molar-refractivity contribution in [3.05, 3.63) is 27.8 Å². The summed E-state index contributed by atoms with van der Waals surface area (Å²) in [6.07, 6.45) is 2.01. The predicted octanol–water partition coefficient (Wildman–Crippen LogP) is 2.47. The highest BCUT2D eigenvalue weighted by atomic mass is 32.1. The summed E-state index contributed by atoms with van der Waals surface area (Å²) < 4.78 is 5.50. The zero-order valence-corrected chi connectivity index (χ0v) is 14.7. The Hall–Kier alpha value is -1.73. The van der Waals surface area contributed by atoms with Gasteiger partial charge in [-0.05, 0) is 13.3 Å². The lowest BCUT2D eigenvalue weighted by molar-refractivity contribution is 0.193. The van der Waals surface area contributed by atoms with E-state index >= 15 is 0 Å². The average molecular weight is 333 g/mol. The molecule has 0 aliphatic carbocycles. The molecular weight excluding hydrogens is 310 g/mol. The lowest BCUT2D eigenvalue weighted by Crippen LogP contribution is -2.22. The topological polar surface area (TPSA) is 63.2 Å². The minimum atomic E-state index is 0.376. The molecular formula is C16H23N5OS. The molecule has 0 aromatic carbocycles. The number of likely N-dealkylation sites (N-methyl/N-ethyl adjacent to an activating group) is 1. The number of aromatic nitrogens is 3. The van der Waals surface area contributed by atoms with Gasteiger partial charge in [0.2, 0.25) is 5.95 Å². The van der Waals surface area contributed by atoms with Crippen LogP contribution in [0.15, 0.2) is 11.6 Å². The van der Waals surface area contributed by atoms with Crippen molar-refractivity contribution in [2.45, 2.75) is 25.7 Å². The Morgan fingerprint density at radius 3 is 2.96 bits per heavy atom. The molecule has 124 valence electrons. The van der Waals surface area contributed by atoms with Gasteiger partial charge in [-0.25, -0.2) is 9.97 Å². The van der Waals surface area contributed by atoms with Crippen LogP contribution in [-0.4, -0.2) is 48.8 Å². The minimum Gasteiger partial charge on any atom is -0.381 e. The number of hydrogen-bond acceptors (Lipinski definition) is 7. The second-order valence-electron chi connectivity index (χ2n) is 5.82. The molecule has 1 aliphatic rings. The Morgan fingerprint density at radius 1 is 1.43 bits per heavy atom. The highest BCUT2D eigenvalue weighted by Gasteiger charge is 2.21. The molecule has 1 saturated heterocycles. The molecule has 7 heteroatoms. The van der Waals surface area contributed by atoms with E-state index in [2.05, 4.69) is 45.2 Å². The van der Waals surface area contributed by atoms with Crippen molar-refractivity contribution < 1.29 is 4.74 Å². The van der Waals surface area contributed by atoms with Crippen molar-refractivity contribution in [1.29, 1.82) is 0 Å². The zero-order valence-electron chi connectivity index (χ0n) is 13.9. The van der Waals surface area contributed by atoms with E-state index in [1.54, 1.807) is 11.3 Å². The van der Waals surface area contributed by atoms with E-state index in [-0.39, 0.29) is 0 Å². The predicted molar refractivity (Wildman–Crippen MR) is 93.6 cm³/mol. The first-order valence-corrected chi connectivity index (χ1v) is 8.80. The van der Waals surface area contributed by atoms with Gasteiger partial charge in [0.25, 0.3) is 0 Å². The van der Waals surface area contributed by atoms with Gasteiger partial charge in [0, 0.05) is 50.5 Å². The number of ether oxygens (including phenoxy) is 1. The van der Waals surface area contributed by atoms with E-state index in [0.29, 0.717) is 11.9 Å². The highest BCUT2D eigenvalue weighted by molar-refractivity contribution is 7.09. The van der Waals surface area contributed by atoms with E-state index in [4.69, 9.17) is 4.74 Å². The van der Waals surface area contributed by atoms with Gasteiger partial charge in [0.15, 0.2) is 0 Å². The summed E-state index contributed by atoms with van der Waals surface area (Å²) in [7, 11) is 3.93. The van der Waals surface area contributed by atoms with E-state index in [1.165, 1.54) is 4.88 Å². The fourth-order valence-electron chi connectivity index (χ4n) is 2.69. The van der Waals surface area contributed by atoms with Crippen LogP contribution in [-0.2, 0) is 11.2 Å². The molecule has 3 rings (SSSR count). The number of anilines is 2. The fourth-order valence-corrected chi connectivity index (χ4v) is 3.46. The minimum absolute atomic E-state index is 0.376. The van der Waals surface area contributed by atoms with Crippen LogP contribution < -0.4 is 10.2 Å². The molecule has 2 aromatic heterocycles. The molecule has 0 radical (unpaired) electrons. The summed E-state index contributed by atoms with van der Waals surface area (Å²) in [4.78, 5) is 17.0. The first kappa shape index (κ1) is 16.1. The molecule has 1 fully saturated rings. The second-order valence-corrected chi connectivity index (χ2v) is 6.76. The van der Waals surface area contributed by atoms with Crippen molar-refractivity contribution >= 4 is 23.1 Å². The molecule has 0 bridgehead atoms. The third-order valence-electron chi connectivity index (χ3n) is 4.21. The van der Waals surface area contributed by atoms with Gasteiger partial charge < -0.3 is 15.0 Å². The molecule has 0 amide bonds. The molecule has 1 atom stereocenters. The zero-order chi connectivity index (χ0) is 16.2. The van der Waals surface area contributed by atoms with Crippen molar-refractivity contribution in [3.8, 4) is 0 Å². The molecule has 2 aromatic rings. The van der Waals surface area contributed by atoms with E-state index in [1.807, 2.05) is 12.6 Å². The number of rotatable bonds is 6. The van der Waals surface area contributed by atoms with Crippen molar-refractivity contribution in [1.82, 2.24) is 15.0 Å².